The molecule has 1 fully saturated rings. The maximum absolute atomic E-state index is 13.0. The highest BCUT2D eigenvalue weighted by molar-refractivity contribution is 5.92. The van der Waals surface area contributed by atoms with E-state index >= 15 is 0 Å². The molecule has 4 rings (SSSR count). The van der Waals surface area contributed by atoms with Crippen LogP contribution >= 0.6 is 0 Å². The van der Waals surface area contributed by atoms with Crippen molar-refractivity contribution in [2.24, 2.45) is 0 Å². The molecule has 1 aliphatic heterocycles. The largest absolute Gasteiger partial charge is 0.493 e. The predicted molar refractivity (Wildman–Crippen MR) is 118 cm³/mol. The Kier molecular flexibility index (Phi) is 7.08. The summed E-state index contributed by atoms with van der Waals surface area (Å²) in [6.07, 6.45) is 0. The highest BCUT2D eigenvalue weighted by atomic mass is 19.1. The lowest BCUT2D eigenvalue weighted by Crippen LogP contribution is -2.48. The number of hydrogen-bond acceptors (Lipinski definition) is 7. The Morgan fingerprint density at radius 3 is 2.56 bits per heavy atom. The van der Waals surface area contributed by atoms with Crippen LogP contribution in [0.25, 0.3) is 11.4 Å². The van der Waals surface area contributed by atoms with Gasteiger partial charge in [0, 0.05) is 31.9 Å². The van der Waals surface area contributed by atoms with E-state index in [0.717, 1.165) is 37.5 Å². The Bertz CT molecular complexity index is 1030. The number of carbonyl (C=O) groups excluding carboxylic acids is 1. The van der Waals surface area contributed by atoms with Crippen LogP contribution in [0.1, 0.15) is 12.8 Å². The van der Waals surface area contributed by atoms with Crippen LogP contribution in [0, 0.1) is 5.82 Å². The van der Waals surface area contributed by atoms with E-state index in [2.05, 4.69) is 25.3 Å². The van der Waals surface area contributed by atoms with Crippen molar-refractivity contribution in [3.63, 3.8) is 0 Å². The van der Waals surface area contributed by atoms with Gasteiger partial charge in [0.1, 0.15) is 11.6 Å². The predicted octanol–water partition coefficient (Wildman–Crippen LogP) is 3.03. The number of nitrogens with zero attached hydrogens (tertiary/aromatic N) is 4. The van der Waals surface area contributed by atoms with Crippen molar-refractivity contribution >= 4 is 11.6 Å². The molecule has 2 heterocycles. The lowest BCUT2D eigenvalue weighted by molar-refractivity contribution is -0.117. The zero-order valence-electron chi connectivity index (χ0n) is 18.0. The molecule has 0 aliphatic carbocycles. The molecule has 1 N–H and O–H groups in total. The Morgan fingerprint density at radius 1 is 1.09 bits per heavy atom. The van der Waals surface area contributed by atoms with Crippen LogP contribution in [0.5, 0.6) is 5.75 Å². The summed E-state index contributed by atoms with van der Waals surface area (Å²) in [5.74, 6) is 1.36. The van der Waals surface area contributed by atoms with Crippen LogP contribution in [-0.2, 0) is 11.3 Å². The summed E-state index contributed by atoms with van der Waals surface area (Å²) in [6, 6.07) is 13.4. The molecule has 3 aromatic rings. The van der Waals surface area contributed by atoms with Crippen LogP contribution in [-0.4, -0.2) is 65.2 Å². The summed E-state index contributed by atoms with van der Waals surface area (Å²) < 4.78 is 24.1. The summed E-state index contributed by atoms with van der Waals surface area (Å²) in [5, 5.41) is 6.91. The summed E-state index contributed by atoms with van der Waals surface area (Å²) >= 11 is 0. The fourth-order valence-electron chi connectivity index (χ4n) is 3.59. The molecule has 0 bridgehead atoms. The molecule has 32 heavy (non-hydrogen) atoms. The Labute approximate surface area is 186 Å². The molecule has 9 heteroatoms. The number of carbonyl (C=O) groups is 1. The number of anilines is 1. The van der Waals surface area contributed by atoms with E-state index in [9.17, 15) is 9.18 Å². The quantitative estimate of drug-likeness (QED) is 0.578. The van der Waals surface area contributed by atoms with E-state index in [1.54, 1.807) is 12.1 Å². The van der Waals surface area contributed by atoms with Crippen molar-refractivity contribution in [3.05, 3.63) is 60.2 Å². The molecule has 0 atom stereocenters. The number of rotatable bonds is 8. The van der Waals surface area contributed by atoms with E-state index in [-0.39, 0.29) is 11.7 Å². The third kappa shape index (κ3) is 5.68. The number of piperazine rings is 1. The van der Waals surface area contributed by atoms with Gasteiger partial charge < -0.3 is 14.6 Å². The lowest BCUT2D eigenvalue weighted by atomic mass is 10.2. The van der Waals surface area contributed by atoms with Crippen molar-refractivity contribution in [3.8, 4) is 17.1 Å². The molecule has 1 amide bonds. The maximum Gasteiger partial charge on any atom is 0.241 e. The number of nitrogens with one attached hydrogen (secondary N) is 1. The third-order valence-electron chi connectivity index (χ3n) is 5.21. The molecule has 0 saturated carbocycles. The number of halogens is 1. The van der Waals surface area contributed by atoms with E-state index < -0.39 is 0 Å². The fraction of sp³-hybridized carbons (Fsp3) is 0.348. The molecule has 0 radical (unpaired) electrons. The first-order valence-corrected chi connectivity index (χ1v) is 10.7. The van der Waals surface area contributed by atoms with Crippen LogP contribution < -0.4 is 10.1 Å². The van der Waals surface area contributed by atoms with Gasteiger partial charge in [-0.1, -0.05) is 17.3 Å². The molecule has 168 valence electrons. The molecule has 0 unspecified atom stereocenters. The van der Waals surface area contributed by atoms with Gasteiger partial charge in [-0.05, 0) is 43.3 Å². The lowest BCUT2D eigenvalue weighted by Gasteiger charge is -2.33. The van der Waals surface area contributed by atoms with Gasteiger partial charge in [0.05, 0.1) is 25.3 Å². The summed E-state index contributed by atoms with van der Waals surface area (Å²) in [6.45, 7) is 6.44. The average molecular weight is 439 g/mol. The number of amides is 1. The molecule has 2 aromatic carbocycles. The molecular weight excluding hydrogens is 413 g/mol. The summed E-state index contributed by atoms with van der Waals surface area (Å²) in [7, 11) is 0. The zero-order chi connectivity index (χ0) is 22.3. The second-order valence-electron chi connectivity index (χ2n) is 7.55. The van der Waals surface area contributed by atoms with Crippen molar-refractivity contribution < 1.29 is 18.4 Å². The second-order valence-corrected chi connectivity index (χ2v) is 7.55. The number of aromatic nitrogens is 2. The summed E-state index contributed by atoms with van der Waals surface area (Å²) in [5.41, 5.74) is 1.40. The van der Waals surface area contributed by atoms with Crippen molar-refractivity contribution in [1.82, 2.24) is 19.9 Å². The number of ether oxygens (including phenoxy) is 1. The first-order chi connectivity index (χ1) is 15.6. The van der Waals surface area contributed by atoms with Gasteiger partial charge in [0.25, 0.3) is 0 Å². The molecule has 1 aliphatic rings. The molecule has 8 nitrogen and oxygen atoms in total. The van der Waals surface area contributed by atoms with Gasteiger partial charge in [-0.15, -0.1) is 0 Å². The van der Waals surface area contributed by atoms with Crippen molar-refractivity contribution in [1.29, 1.82) is 0 Å². The number of hydrogen-bond donors (Lipinski definition) is 1. The van der Waals surface area contributed by atoms with Gasteiger partial charge in [-0.2, -0.15) is 4.98 Å². The van der Waals surface area contributed by atoms with E-state index in [1.165, 1.54) is 12.1 Å². The van der Waals surface area contributed by atoms with Gasteiger partial charge >= 0.3 is 0 Å². The fourth-order valence-corrected chi connectivity index (χ4v) is 3.59. The molecule has 0 spiro atoms. The molecule has 1 saturated heterocycles. The Morgan fingerprint density at radius 2 is 1.81 bits per heavy atom. The highest BCUT2D eigenvalue weighted by Crippen LogP contribution is 2.27. The zero-order valence-corrected chi connectivity index (χ0v) is 18.0. The van der Waals surface area contributed by atoms with Gasteiger partial charge in [-0.3, -0.25) is 14.6 Å². The first-order valence-electron chi connectivity index (χ1n) is 10.7. The van der Waals surface area contributed by atoms with Crippen LogP contribution in [0.15, 0.2) is 53.1 Å². The smallest absolute Gasteiger partial charge is 0.241 e. The van der Waals surface area contributed by atoms with Gasteiger partial charge in [0.2, 0.25) is 17.6 Å². The Balaban J connectivity index is 1.26. The molecule has 1 aromatic heterocycles. The number of benzene rings is 2. The van der Waals surface area contributed by atoms with Gasteiger partial charge in [-0.25, -0.2) is 4.39 Å². The standard InChI is InChI=1S/C23H26FN5O3/c1-2-31-20-6-4-3-5-19(20)23-26-22(32-27-23)16-29-13-11-28(12-14-29)15-21(30)25-18-9-7-17(24)8-10-18/h3-10H,2,11-16H2,1H3,(H,25,30). The SMILES string of the molecule is CCOc1ccccc1-c1noc(CN2CCN(CC(=O)Nc3ccc(F)cc3)CC2)n1. The van der Waals surface area contributed by atoms with Crippen molar-refractivity contribution in [2.75, 3.05) is 44.6 Å². The van der Waals surface area contributed by atoms with Crippen LogP contribution in [0.3, 0.4) is 0 Å². The van der Waals surface area contributed by atoms with E-state index in [4.69, 9.17) is 9.26 Å². The highest BCUT2D eigenvalue weighted by Gasteiger charge is 2.21. The average Bonchev–Trinajstić information content (AvgIpc) is 3.25. The maximum atomic E-state index is 13.0. The Hall–Kier alpha value is -3.30. The topological polar surface area (TPSA) is 83.7 Å². The van der Waals surface area contributed by atoms with Crippen molar-refractivity contribution in [2.45, 2.75) is 13.5 Å². The second kappa shape index (κ2) is 10.3. The van der Waals surface area contributed by atoms with E-state index in [1.807, 2.05) is 31.2 Å². The number of para-hydroxylation sites is 1. The monoisotopic (exact) mass is 439 g/mol. The summed E-state index contributed by atoms with van der Waals surface area (Å²) in [4.78, 5) is 21.1. The minimum atomic E-state index is -0.328. The minimum absolute atomic E-state index is 0.112. The third-order valence-corrected chi connectivity index (χ3v) is 5.21. The van der Waals surface area contributed by atoms with E-state index in [0.29, 0.717) is 37.1 Å². The molecular formula is C23H26FN5O3. The normalized spacial score (nSPS) is 14.9. The van der Waals surface area contributed by atoms with Crippen LogP contribution in [0.2, 0.25) is 0 Å². The first kappa shape index (κ1) is 21.9. The van der Waals surface area contributed by atoms with Gasteiger partial charge in [0.15, 0.2) is 0 Å². The minimum Gasteiger partial charge on any atom is -0.493 e. The van der Waals surface area contributed by atoms with Crippen LogP contribution in [0.4, 0.5) is 10.1 Å².